The normalized spacial score (nSPS) is 19.5. The zero-order chi connectivity index (χ0) is 12.7. The zero-order valence-corrected chi connectivity index (χ0v) is 10.9. The van der Waals surface area contributed by atoms with Gasteiger partial charge in [0.2, 0.25) is 5.91 Å². The molecule has 1 unspecified atom stereocenters. The maximum absolute atomic E-state index is 11.2. The highest BCUT2D eigenvalue weighted by atomic mass is 16.5. The third-order valence-corrected chi connectivity index (χ3v) is 3.20. The van der Waals surface area contributed by atoms with Crippen molar-refractivity contribution in [2.45, 2.75) is 25.8 Å². The highest BCUT2D eigenvalue weighted by Crippen LogP contribution is 2.15. The zero-order valence-electron chi connectivity index (χ0n) is 10.9. The van der Waals surface area contributed by atoms with Crippen LogP contribution in [-0.2, 0) is 9.53 Å². The van der Waals surface area contributed by atoms with Gasteiger partial charge in [0.05, 0.1) is 6.04 Å². The van der Waals surface area contributed by atoms with E-state index in [4.69, 9.17) is 10.5 Å². The minimum absolute atomic E-state index is 0.246. The van der Waals surface area contributed by atoms with Gasteiger partial charge in [-0.3, -0.25) is 4.79 Å². The number of hydrogen-bond donors (Lipinski definition) is 2. The minimum Gasteiger partial charge on any atom is -0.381 e. The monoisotopic (exact) mass is 243 g/mol. The van der Waals surface area contributed by atoms with Crippen molar-refractivity contribution in [2.24, 2.45) is 11.7 Å². The van der Waals surface area contributed by atoms with Crippen LogP contribution in [0.4, 0.5) is 0 Å². The van der Waals surface area contributed by atoms with E-state index in [1.807, 2.05) is 14.0 Å². The number of amides is 1. The molecular weight excluding hydrogens is 218 g/mol. The summed E-state index contributed by atoms with van der Waals surface area (Å²) in [5, 5.41) is 3.11. The van der Waals surface area contributed by atoms with Crippen LogP contribution in [0.25, 0.3) is 0 Å². The van der Waals surface area contributed by atoms with E-state index in [1.54, 1.807) is 0 Å². The Morgan fingerprint density at radius 2 is 2.18 bits per heavy atom. The average molecular weight is 243 g/mol. The number of rotatable bonds is 7. The summed E-state index contributed by atoms with van der Waals surface area (Å²) >= 11 is 0. The molecule has 3 N–H and O–H groups in total. The first-order valence-corrected chi connectivity index (χ1v) is 6.42. The van der Waals surface area contributed by atoms with Gasteiger partial charge in [-0.1, -0.05) is 6.92 Å². The molecule has 1 saturated heterocycles. The van der Waals surface area contributed by atoms with E-state index in [0.717, 1.165) is 39.1 Å². The van der Waals surface area contributed by atoms with Gasteiger partial charge in [-0.05, 0) is 32.4 Å². The van der Waals surface area contributed by atoms with E-state index < -0.39 is 0 Å². The molecule has 0 aliphatic carbocycles. The third-order valence-electron chi connectivity index (χ3n) is 3.20. The molecule has 0 spiro atoms. The topological polar surface area (TPSA) is 67.6 Å². The summed E-state index contributed by atoms with van der Waals surface area (Å²) in [4.78, 5) is 13.4. The molecule has 1 aliphatic heterocycles. The number of nitrogens with zero attached hydrogens (tertiary/aromatic N) is 1. The van der Waals surface area contributed by atoms with Crippen LogP contribution < -0.4 is 11.1 Å². The van der Waals surface area contributed by atoms with Crippen LogP contribution in [0.5, 0.6) is 0 Å². The second-order valence-electron chi connectivity index (χ2n) is 4.79. The summed E-state index contributed by atoms with van der Waals surface area (Å²) < 4.78 is 5.33. The van der Waals surface area contributed by atoms with Gasteiger partial charge in [0.15, 0.2) is 0 Å². The average Bonchev–Trinajstić information content (AvgIpc) is 2.29. The molecule has 0 aromatic heterocycles. The molecule has 0 radical (unpaired) electrons. The number of nitrogens with one attached hydrogen (secondary N) is 1. The van der Waals surface area contributed by atoms with Crippen LogP contribution in [-0.4, -0.2) is 56.7 Å². The van der Waals surface area contributed by atoms with Crippen molar-refractivity contribution in [2.75, 3.05) is 39.9 Å². The van der Waals surface area contributed by atoms with Crippen molar-refractivity contribution in [3.05, 3.63) is 0 Å². The molecule has 1 heterocycles. The summed E-state index contributed by atoms with van der Waals surface area (Å²) in [6.45, 7) is 6.17. The second-order valence-corrected chi connectivity index (χ2v) is 4.79. The Kier molecular flexibility index (Phi) is 6.47. The highest BCUT2D eigenvalue weighted by molar-refractivity contribution is 5.80. The lowest BCUT2D eigenvalue weighted by Gasteiger charge is -2.29. The Balaban J connectivity index is 2.30. The fraction of sp³-hybridized carbons (Fsp3) is 0.917. The van der Waals surface area contributed by atoms with Crippen LogP contribution in [0.1, 0.15) is 19.8 Å². The molecule has 17 heavy (non-hydrogen) atoms. The Labute approximate surface area is 104 Å². The Morgan fingerprint density at radius 1 is 1.53 bits per heavy atom. The van der Waals surface area contributed by atoms with Crippen LogP contribution in [0.3, 0.4) is 0 Å². The summed E-state index contributed by atoms with van der Waals surface area (Å²) in [5.74, 6) is 0.412. The van der Waals surface area contributed by atoms with E-state index in [9.17, 15) is 4.79 Å². The molecule has 1 aliphatic rings. The molecular formula is C12H25N3O2. The number of carbonyl (C=O) groups excluding carboxylic acids is 1. The largest absolute Gasteiger partial charge is 0.381 e. The lowest BCUT2D eigenvalue weighted by atomic mass is 10.00. The number of primary amides is 1. The summed E-state index contributed by atoms with van der Waals surface area (Å²) in [7, 11) is 2.04. The van der Waals surface area contributed by atoms with Gasteiger partial charge in [0.1, 0.15) is 0 Å². The second kappa shape index (κ2) is 7.63. The summed E-state index contributed by atoms with van der Waals surface area (Å²) in [5.41, 5.74) is 5.36. The molecule has 0 aromatic carbocycles. The first kappa shape index (κ1) is 14.4. The van der Waals surface area contributed by atoms with Crippen molar-refractivity contribution in [3.8, 4) is 0 Å². The maximum atomic E-state index is 11.2. The van der Waals surface area contributed by atoms with Crippen LogP contribution in [0.2, 0.25) is 0 Å². The number of carbonyl (C=O) groups is 1. The molecule has 5 nitrogen and oxygen atoms in total. The first-order valence-electron chi connectivity index (χ1n) is 6.42. The van der Waals surface area contributed by atoms with Crippen LogP contribution in [0, 0.1) is 5.92 Å². The lowest BCUT2D eigenvalue weighted by Crippen LogP contribution is -2.49. The van der Waals surface area contributed by atoms with E-state index in [2.05, 4.69) is 10.2 Å². The smallest absolute Gasteiger partial charge is 0.235 e. The van der Waals surface area contributed by atoms with Crippen molar-refractivity contribution in [1.29, 1.82) is 0 Å². The van der Waals surface area contributed by atoms with E-state index in [-0.39, 0.29) is 11.9 Å². The predicted molar refractivity (Wildman–Crippen MR) is 67.7 cm³/mol. The molecule has 5 heteroatoms. The molecule has 0 aromatic rings. The quantitative estimate of drug-likeness (QED) is 0.650. The van der Waals surface area contributed by atoms with Gasteiger partial charge in [-0.15, -0.1) is 0 Å². The lowest BCUT2D eigenvalue weighted by molar-refractivity contribution is -0.120. The van der Waals surface area contributed by atoms with Gasteiger partial charge >= 0.3 is 0 Å². The summed E-state index contributed by atoms with van der Waals surface area (Å²) in [6.07, 6.45) is 2.24. The van der Waals surface area contributed by atoms with Crippen molar-refractivity contribution in [1.82, 2.24) is 10.2 Å². The Morgan fingerprint density at radius 3 is 2.71 bits per heavy atom. The van der Waals surface area contributed by atoms with E-state index in [0.29, 0.717) is 12.5 Å². The number of likely N-dealkylation sites (N-methyl/N-ethyl adjacent to an activating group) is 2. The van der Waals surface area contributed by atoms with Gasteiger partial charge in [-0.2, -0.15) is 0 Å². The standard InChI is InChI=1S/C12H25N3O2/c1-3-14-11(12(13)16)9-15(2)8-10-4-6-17-7-5-10/h10-11,14H,3-9H2,1-2H3,(H2,13,16). The number of hydrogen-bond acceptors (Lipinski definition) is 4. The van der Waals surface area contributed by atoms with Crippen LogP contribution >= 0.6 is 0 Å². The Hall–Kier alpha value is -0.650. The fourth-order valence-electron chi connectivity index (χ4n) is 2.26. The minimum atomic E-state index is -0.273. The molecule has 1 atom stereocenters. The fourth-order valence-corrected chi connectivity index (χ4v) is 2.26. The van der Waals surface area contributed by atoms with Gasteiger partial charge in [0, 0.05) is 26.3 Å². The van der Waals surface area contributed by atoms with Crippen molar-refractivity contribution in [3.63, 3.8) is 0 Å². The number of ether oxygens (including phenoxy) is 1. The Bertz CT molecular complexity index is 230. The molecule has 0 bridgehead atoms. The molecule has 1 amide bonds. The molecule has 100 valence electrons. The SMILES string of the molecule is CCNC(CN(C)CC1CCOCC1)C(N)=O. The van der Waals surface area contributed by atoms with E-state index in [1.165, 1.54) is 0 Å². The van der Waals surface area contributed by atoms with Crippen LogP contribution in [0.15, 0.2) is 0 Å². The maximum Gasteiger partial charge on any atom is 0.235 e. The van der Waals surface area contributed by atoms with Gasteiger partial charge < -0.3 is 20.7 Å². The van der Waals surface area contributed by atoms with Gasteiger partial charge in [0.25, 0.3) is 0 Å². The molecule has 0 saturated carbocycles. The highest BCUT2D eigenvalue weighted by Gasteiger charge is 2.20. The third kappa shape index (κ3) is 5.48. The predicted octanol–water partition coefficient (Wildman–Crippen LogP) is -0.192. The van der Waals surface area contributed by atoms with Crippen molar-refractivity contribution >= 4 is 5.91 Å². The molecule has 1 fully saturated rings. The first-order chi connectivity index (χ1) is 8.13. The van der Waals surface area contributed by atoms with Crippen molar-refractivity contribution < 1.29 is 9.53 Å². The van der Waals surface area contributed by atoms with Gasteiger partial charge in [-0.25, -0.2) is 0 Å². The summed E-state index contributed by atoms with van der Waals surface area (Å²) in [6, 6.07) is -0.246. The molecule has 1 rings (SSSR count). The number of nitrogens with two attached hydrogens (primary N) is 1. The van der Waals surface area contributed by atoms with E-state index >= 15 is 0 Å².